The number of hydrogen-bond donors (Lipinski definition) is 3. The molecule has 0 atom stereocenters. The van der Waals surface area contributed by atoms with Crippen molar-refractivity contribution in [2.45, 2.75) is 0 Å². The highest BCUT2D eigenvalue weighted by molar-refractivity contribution is 9.10. The lowest BCUT2D eigenvalue weighted by atomic mass is 10.2. The van der Waals surface area contributed by atoms with Crippen LogP contribution >= 0.6 is 15.9 Å². The van der Waals surface area contributed by atoms with Gasteiger partial charge in [-0.3, -0.25) is 20.4 Å². The molecule has 0 unspecified atom stereocenters. The van der Waals surface area contributed by atoms with Gasteiger partial charge < -0.3 is 9.55 Å². The highest BCUT2D eigenvalue weighted by Gasteiger charge is 2.10. The molecule has 0 aliphatic heterocycles. The first-order valence-corrected chi connectivity index (χ1v) is 7.46. The van der Waals surface area contributed by atoms with Gasteiger partial charge in [-0.1, -0.05) is 0 Å². The fourth-order valence-electron chi connectivity index (χ4n) is 1.95. The second-order valence-corrected chi connectivity index (χ2v) is 5.57. The number of amides is 2. The molecule has 0 saturated carbocycles. The second kappa shape index (κ2) is 6.49. The third-order valence-electron chi connectivity index (χ3n) is 3.11. The van der Waals surface area contributed by atoms with Crippen molar-refractivity contribution in [3.63, 3.8) is 0 Å². The Morgan fingerprint density at radius 3 is 2.48 bits per heavy atom. The number of H-pyrrole nitrogens is 1. The Balaban J connectivity index is 1.61. The molecule has 3 rings (SSSR count). The molecule has 0 spiro atoms. The van der Waals surface area contributed by atoms with Gasteiger partial charge in [0.15, 0.2) is 0 Å². The zero-order valence-electron chi connectivity index (χ0n) is 11.8. The van der Waals surface area contributed by atoms with E-state index >= 15 is 0 Å². The number of nitrogens with one attached hydrogen (secondary N) is 3. The van der Waals surface area contributed by atoms with Gasteiger partial charge in [-0.05, 0) is 46.3 Å². The molecule has 23 heavy (non-hydrogen) atoms. The van der Waals surface area contributed by atoms with Crippen LogP contribution in [0, 0.1) is 0 Å². The maximum atomic E-state index is 12.0. The molecule has 3 aromatic rings. The fraction of sp³-hybridized carbons (Fsp3) is 0. The highest BCUT2D eigenvalue weighted by Crippen LogP contribution is 2.10. The summed E-state index contributed by atoms with van der Waals surface area (Å²) in [6.45, 7) is 0. The Kier molecular flexibility index (Phi) is 4.24. The smallest absolute Gasteiger partial charge is 0.286 e. The van der Waals surface area contributed by atoms with Crippen LogP contribution in [0.4, 0.5) is 0 Å². The summed E-state index contributed by atoms with van der Waals surface area (Å²) in [5.74, 6) is -0.833. The van der Waals surface area contributed by atoms with Crippen LogP contribution in [-0.4, -0.2) is 26.3 Å². The maximum Gasteiger partial charge on any atom is 0.286 e. The van der Waals surface area contributed by atoms with Gasteiger partial charge >= 0.3 is 0 Å². The first kappa shape index (κ1) is 15.0. The molecule has 1 aromatic carbocycles. The predicted molar refractivity (Wildman–Crippen MR) is 87.0 cm³/mol. The molecule has 2 aromatic heterocycles. The summed E-state index contributed by atoms with van der Waals surface area (Å²) in [4.78, 5) is 30.6. The molecule has 8 heteroatoms. The molecule has 0 aliphatic rings. The van der Waals surface area contributed by atoms with E-state index in [2.05, 4.69) is 36.7 Å². The maximum absolute atomic E-state index is 12.0. The topological polar surface area (TPSA) is 91.8 Å². The summed E-state index contributed by atoms with van der Waals surface area (Å²) in [6.07, 6.45) is 6.79. The Morgan fingerprint density at radius 2 is 1.87 bits per heavy atom. The molecule has 116 valence electrons. The highest BCUT2D eigenvalue weighted by atomic mass is 79.9. The lowest BCUT2D eigenvalue weighted by Gasteiger charge is -2.07. The van der Waals surface area contributed by atoms with Gasteiger partial charge in [0, 0.05) is 34.3 Å². The molecule has 7 nitrogen and oxygen atoms in total. The molecule has 3 N–H and O–H groups in total. The van der Waals surface area contributed by atoms with Gasteiger partial charge in [-0.2, -0.15) is 0 Å². The number of rotatable bonds is 3. The van der Waals surface area contributed by atoms with Crippen LogP contribution in [-0.2, 0) is 0 Å². The van der Waals surface area contributed by atoms with Crippen molar-refractivity contribution in [3.05, 3.63) is 71.0 Å². The zero-order chi connectivity index (χ0) is 16.2. The van der Waals surface area contributed by atoms with E-state index in [4.69, 9.17) is 0 Å². The molecular formula is C15H12BrN5O2. The zero-order valence-corrected chi connectivity index (χ0v) is 13.4. The number of carbonyl (C=O) groups is 2. The molecule has 0 aliphatic carbocycles. The average Bonchev–Trinajstić information content (AvgIpc) is 3.24. The molecule has 0 fully saturated rings. The van der Waals surface area contributed by atoms with E-state index in [1.165, 1.54) is 0 Å². The number of carbonyl (C=O) groups excluding carboxylic acids is 2. The summed E-state index contributed by atoms with van der Waals surface area (Å²) in [7, 11) is 0. The van der Waals surface area contributed by atoms with Crippen molar-refractivity contribution >= 4 is 27.7 Å². The van der Waals surface area contributed by atoms with Crippen molar-refractivity contribution in [1.29, 1.82) is 0 Å². The minimum absolute atomic E-state index is 0.340. The molecule has 0 saturated heterocycles. The van der Waals surface area contributed by atoms with Crippen molar-refractivity contribution in [1.82, 2.24) is 25.4 Å². The van der Waals surface area contributed by atoms with Gasteiger partial charge in [0.2, 0.25) is 0 Å². The minimum atomic E-state index is -0.431. The van der Waals surface area contributed by atoms with Crippen molar-refractivity contribution in [2.24, 2.45) is 0 Å². The minimum Gasteiger partial charge on any atom is -0.356 e. The number of aromatic nitrogens is 3. The fourth-order valence-corrected chi connectivity index (χ4v) is 2.29. The Morgan fingerprint density at radius 1 is 1.13 bits per heavy atom. The standard InChI is InChI=1S/C15H12BrN5O2/c16-11-7-13(18-8-11)15(23)20-19-14(22)10-1-3-12(4-2-10)21-6-5-17-9-21/h1-9,18H,(H,19,22)(H,20,23). The van der Waals surface area contributed by atoms with Crippen LogP contribution in [0.5, 0.6) is 0 Å². The van der Waals surface area contributed by atoms with E-state index in [1.54, 1.807) is 49.1 Å². The van der Waals surface area contributed by atoms with Gasteiger partial charge in [0.1, 0.15) is 5.69 Å². The summed E-state index contributed by atoms with van der Waals surface area (Å²) >= 11 is 3.24. The van der Waals surface area contributed by atoms with Crippen molar-refractivity contribution in [3.8, 4) is 5.69 Å². The Hall–Kier alpha value is -2.87. The van der Waals surface area contributed by atoms with Gasteiger partial charge in [0.05, 0.1) is 6.33 Å². The van der Waals surface area contributed by atoms with Crippen molar-refractivity contribution < 1.29 is 9.59 Å². The molecule has 2 heterocycles. The normalized spacial score (nSPS) is 10.3. The average molecular weight is 374 g/mol. The monoisotopic (exact) mass is 373 g/mol. The van der Waals surface area contributed by atoms with Crippen LogP contribution in [0.15, 0.2) is 59.7 Å². The first-order valence-electron chi connectivity index (χ1n) is 6.66. The predicted octanol–water partition coefficient (Wildman–Crippen LogP) is 2.04. The quantitative estimate of drug-likeness (QED) is 0.613. The summed E-state index contributed by atoms with van der Waals surface area (Å²) in [5.41, 5.74) is 6.38. The molecular weight excluding hydrogens is 362 g/mol. The van der Waals surface area contributed by atoms with Gasteiger partial charge in [0.25, 0.3) is 11.8 Å². The van der Waals surface area contributed by atoms with Crippen LogP contribution in [0.1, 0.15) is 20.8 Å². The number of halogens is 1. The number of nitrogens with zero attached hydrogens (tertiary/aromatic N) is 2. The SMILES string of the molecule is O=C(NNC(=O)c1cc(Br)c[nH]1)c1ccc(-n2ccnc2)cc1. The number of hydrazine groups is 1. The summed E-state index contributed by atoms with van der Waals surface area (Å²) in [5, 5.41) is 0. The number of imidazole rings is 1. The third kappa shape index (κ3) is 3.49. The van der Waals surface area contributed by atoms with Crippen molar-refractivity contribution in [2.75, 3.05) is 0 Å². The summed E-state index contributed by atoms with van der Waals surface area (Å²) < 4.78 is 2.58. The number of benzene rings is 1. The molecule has 0 radical (unpaired) electrons. The second-order valence-electron chi connectivity index (χ2n) is 4.66. The van der Waals surface area contributed by atoms with Crippen LogP contribution in [0.25, 0.3) is 5.69 Å². The van der Waals surface area contributed by atoms with E-state index in [0.29, 0.717) is 11.3 Å². The Bertz CT molecular complexity index is 824. The van der Waals surface area contributed by atoms with E-state index in [-0.39, 0.29) is 0 Å². The first-order chi connectivity index (χ1) is 11.1. The molecule has 2 amide bonds. The summed E-state index contributed by atoms with van der Waals surface area (Å²) in [6, 6.07) is 8.53. The largest absolute Gasteiger partial charge is 0.356 e. The van der Waals surface area contributed by atoms with Crippen LogP contribution in [0.2, 0.25) is 0 Å². The number of hydrogen-bond acceptors (Lipinski definition) is 3. The Labute approximate surface area is 139 Å². The lowest BCUT2D eigenvalue weighted by Crippen LogP contribution is -2.41. The van der Waals surface area contributed by atoms with Gasteiger partial charge in [-0.15, -0.1) is 0 Å². The number of aromatic amines is 1. The molecule has 0 bridgehead atoms. The van der Waals surface area contributed by atoms with E-state index in [0.717, 1.165) is 10.2 Å². The van der Waals surface area contributed by atoms with Crippen LogP contribution < -0.4 is 10.9 Å². The van der Waals surface area contributed by atoms with E-state index < -0.39 is 11.8 Å². The third-order valence-corrected chi connectivity index (χ3v) is 3.57. The van der Waals surface area contributed by atoms with E-state index in [9.17, 15) is 9.59 Å². The van der Waals surface area contributed by atoms with Gasteiger partial charge in [-0.25, -0.2) is 4.98 Å². The lowest BCUT2D eigenvalue weighted by molar-refractivity contribution is 0.0844. The van der Waals surface area contributed by atoms with E-state index in [1.807, 2.05) is 10.8 Å². The van der Waals surface area contributed by atoms with Crippen LogP contribution in [0.3, 0.4) is 0 Å².